The van der Waals surface area contributed by atoms with E-state index in [2.05, 4.69) is 10.3 Å². The van der Waals surface area contributed by atoms with E-state index in [1.165, 1.54) is 6.07 Å². The molecule has 20 heavy (non-hydrogen) atoms. The number of anilines is 1. The molecule has 0 spiro atoms. The maximum Gasteiger partial charge on any atom is 0.239 e. The number of rotatable bonds is 3. The van der Waals surface area contributed by atoms with Crippen LogP contribution in [0.2, 0.25) is 0 Å². The van der Waals surface area contributed by atoms with E-state index in [0.717, 1.165) is 24.5 Å². The number of aromatic nitrogens is 1. The summed E-state index contributed by atoms with van der Waals surface area (Å²) in [6.07, 6.45) is 1.44. The van der Waals surface area contributed by atoms with Crippen LogP contribution in [0.3, 0.4) is 0 Å². The van der Waals surface area contributed by atoms with Crippen LogP contribution in [0, 0.1) is 11.9 Å². The van der Waals surface area contributed by atoms with E-state index in [9.17, 15) is 13.6 Å². The molecule has 1 aliphatic carbocycles. The van der Waals surface area contributed by atoms with Crippen LogP contribution in [-0.2, 0) is 10.2 Å². The molecule has 1 aromatic heterocycles. The average molecular weight is 274 g/mol. The molecule has 1 fully saturated rings. The van der Waals surface area contributed by atoms with Gasteiger partial charge in [-0.1, -0.05) is 30.3 Å². The van der Waals surface area contributed by atoms with Crippen LogP contribution in [0.1, 0.15) is 18.4 Å². The Balaban J connectivity index is 1.83. The molecule has 1 aromatic carbocycles. The third-order valence-corrected chi connectivity index (χ3v) is 3.57. The summed E-state index contributed by atoms with van der Waals surface area (Å²) in [6, 6.07) is 11.6. The normalized spacial score (nSPS) is 15.7. The van der Waals surface area contributed by atoms with E-state index in [1.54, 1.807) is 0 Å². The fraction of sp³-hybridized carbons (Fsp3) is 0.200. The molecular formula is C15H12F2N2O. The van der Waals surface area contributed by atoms with Crippen LogP contribution in [0.4, 0.5) is 14.5 Å². The number of amides is 1. The Kier molecular flexibility index (Phi) is 2.97. The predicted octanol–water partition coefficient (Wildman–Crippen LogP) is 3.03. The van der Waals surface area contributed by atoms with E-state index in [1.807, 2.05) is 30.3 Å². The van der Waals surface area contributed by atoms with E-state index in [0.29, 0.717) is 0 Å². The number of carbonyl (C=O) groups excluding carboxylic acids is 1. The van der Waals surface area contributed by atoms with Crippen LogP contribution >= 0.6 is 0 Å². The Bertz CT molecular complexity index is 654. The van der Waals surface area contributed by atoms with Crippen molar-refractivity contribution in [3.8, 4) is 0 Å². The quantitative estimate of drug-likeness (QED) is 0.874. The van der Waals surface area contributed by atoms with Gasteiger partial charge in [-0.05, 0) is 30.5 Å². The molecule has 102 valence electrons. The molecule has 3 nitrogen and oxygen atoms in total. The Morgan fingerprint density at radius 1 is 1.10 bits per heavy atom. The first kappa shape index (κ1) is 12.7. The van der Waals surface area contributed by atoms with E-state index in [4.69, 9.17) is 0 Å². The summed E-state index contributed by atoms with van der Waals surface area (Å²) in [4.78, 5) is 15.4. The molecule has 5 heteroatoms. The van der Waals surface area contributed by atoms with Crippen molar-refractivity contribution in [2.24, 2.45) is 0 Å². The summed E-state index contributed by atoms with van der Waals surface area (Å²) in [5, 5.41) is 2.50. The SMILES string of the molecule is O=C(Nc1ccc(F)nc1F)C1(c2ccccc2)CC1. The van der Waals surface area contributed by atoms with Gasteiger partial charge in [-0.15, -0.1) is 0 Å². The lowest BCUT2D eigenvalue weighted by Crippen LogP contribution is -2.28. The summed E-state index contributed by atoms with van der Waals surface area (Å²) in [7, 11) is 0. The van der Waals surface area contributed by atoms with Gasteiger partial charge >= 0.3 is 0 Å². The number of benzene rings is 1. The van der Waals surface area contributed by atoms with Crippen LogP contribution in [0.5, 0.6) is 0 Å². The maximum atomic E-state index is 13.5. The van der Waals surface area contributed by atoms with Crippen molar-refractivity contribution in [1.29, 1.82) is 0 Å². The van der Waals surface area contributed by atoms with Gasteiger partial charge in [0.25, 0.3) is 0 Å². The predicted molar refractivity (Wildman–Crippen MR) is 70.1 cm³/mol. The van der Waals surface area contributed by atoms with Gasteiger partial charge in [-0.2, -0.15) is 13.8 Å². The first-order valence-corrected chi connectivity index (χ1v) is 6.31. The van der Waals surface area contributed by atoms with Gasteiger partial charge in [-0.25, -0.2) is 0 Å². The molecule has 1 aliphatic rings. The fourth-order valence-corrected chi connectivity index (χ4v) is 2.28. The third-order valence-electron chi connectivity index (χ3n) is 3.57. The number of nitrogens with one attached hydrogen (secondary N) is 1. The zero-order valence-electron chi connectivity index (χ0n) is 10.6. The lowest BCUT2D eigenvalue weighted by molar-refractivity contribution is -0.118. The van der Waals surface area contributed by atoms with Gasteiger partial charge in [0.1, 0.15) is 0 Å². The first-order valence-electron chi connectivity index (χ1n) is 6.31. The summed E-state index contributed by atoms with van der Waals surface area (Å²) in [6.45, 7) is 0. The van der Waals surface area contributed by atoms with Gasteiger partial charge in [-0.3, -0.25) is 4.79 Å². The van der Waals surface area contributed by atoms with Crippen molar-refractivity contribution < 1.29 is 13.6 Å². The lowest BCUT2D eigenvalue weighted by Gasteiger charge is -2.15. The second-order valence-electron chi connectivity index (χ2n) is 4.87. The van der Waals surface area contributed by atoms with Crippen molar-refractivity contribution in [2.75, 3.05) is 5.32 Å². The summed E-state index contributed by atoms with van der Waals surface area (Å²) >= 11 is 0. The minimum Gasteiger partial charge on any atom is -0.321 e. The number of pyridine rings is 1. The van der Waals surface area contributed by atoms with E-state index in [-0.39, 0.29) is 11.6 Å². The fourth-order valence-electron chi connectivity index (χ4n) is 2.28. The molecule has 0 aliphatic heterocycles. The van der Waals surface area contributed by atoms with Gasteiger partial charge < -0.3 is 5.32 Å². The second-order valence-corrected chi connectivity index (χ2v) is 4.87. The Morgan fingerprint density at radius 2 is 1.80 bits per heavy atom. The van der Waals surface area contributed by atoms with Gasteiger partial charge in [0.05, 0.1) is 11.1 Å². The first-order chi connectivity index (χ1) is 9.62. The Morgan fingerprint density at radius 3 is 2.40 bits per heavy atom. The molecule has 1 heterocycles. The van der Waals surface area contributed by atoms with Crippen LogP contribution in [0.25, 0.3) is 0 Å². The molecule has 2 aromatic rings. The lowest BCUT2D eigenvalue weighted by atomic mass is 9.95. The highest BCUT2D eigenvalue weighted by Crippen LogP contribution is 2.48. The minimum absolute atomic E-state index is 0.0985. The second kappa shape index (κ2) is 4.67. The standard InChI is InChI=1S/C15H12F2N2O/c16-12-7-6-11(13(17)19-12)18-14(20)15(8-9-15)10-4-2-1-3-5-10/h1-7H,8-9H2,(H,18,20). The maximum absolute atomic E-state index is 13.5. The zero-order valence-corrected chi connectivity index (χ0v) is 10.6. The highest BCUT2D eigenvalue weighted by atomic mass is 19.1. The topological polar surface area (TPSA) is 42.0 Å². The zero-order chi connectivity index (χ0) is 14.2. The van der Waals surface area contributed by atoms with Crippen molar-refractivity contribution in [3.05, 3.63) is 59.9 Å². The molecule has 0 bridgehead atoms. The van der Waals surface area contributed by atoms with E-state index >= 15 is 0 Å². The number of nitrogens with zero attached hydrogens (tertiary/aromatic N) is 1. The number of hydrogen-bond acceptors (Lipinski definition) is 2. The van der Waals surface area contributed by atoms with Crippen LogP contribution < -0.4 is 5.32 Å². The molecule has 0 atom stereocenters. The van der Waals surface area contributed by atoms with Crippen molar-refractivity contribution in [1.82, 2.24) is 4.98 Å². The third kappa shape index (κ3) is 2.15. The summed E-state index contributed by atoms with van der Waals surface area (Å²) in [5.41, 5.74) is 0.217. The number of halogens is 2. The molecule has 1 amide bonds. The van der Waals surface area contributed by atoms with Gasteiger partial charge in [0.15, 0.2) is 0 Å². The summed E-state index contributed by atoms with van der Waals surface area (Å²) < 4.78 is 26.2. The molecule has 3 rings (SSSR count). The monoisotopic (exact) mass is 274 g/mol. The van der Waals surface area contributed by atoms with Crippen LogP contribution in [-0.4, -0.2) is 10.9 Å². The molecule has 1 saturated carbocycles. The van der Waals surface area contributed by atoms with E-state index < -0.39 is 17.3 Å². The highest BCUT2D eigenvalue weighted by Gasteiger charge is 2.51. The average Bonchev–Trinajstić information content (AvgIpc) is 3.24. The molecule has 1 N–H and O–H groups in total. The molecule has 0 saturated heterocycles. The van der Waals surface area contributed by atoms with Crippen LogP contribution in [0.15, 0.2) is 42.5 Å². The van der Waals surface area contributed by atoms with Crippen molar-refractivity contribution in [3.63, 3.8) is 0 Å². The van der Waals surface area contributed by atoms with Crippen molar-refractivity contribution in [2.45, 2.75) is 18.3 Å². The Hall–Kier alpha value is -2.30. The van der Waals surface area contributed by atoms with Gasteiger partial charge in [0, 0.05) is 0 Å². The number of carbonyl (C=O) groups is 1. The van der Waals surface area contributed by atoms with Gasteiger partial charge in [0.2, 0.25) is 17.8 Å². The molecule has 0 unspecified atom stereocenters. The Labute approximate surface area is 114 Å². The highest BCUT2D eigenvalue weighted by molar-refractivity contribution is 6.01. The molecular weight excluding hydrogens is 262 g/mol. The number of hydrogen-bond donors (Lipinski definition) is 1. The van der Waals surface area contributed by atoms with Crippen molar-refractivity contribution >= 4 is 11.6 Å². The molecule has 0 radical (unpaired) electrons. The summed E-state index contributed by atoms with van der Waals surface area (Å²) in [5.74, 6) is -2.21. The minimum atomic E-state index is -1.01. The smallest absolute Gasteiger partial charge is 0.239 e. The largest absolute Gasteiger partial charge is 0.321 e.